The maximum absolute atomic E-state index is 12.6. The Labute approximate surface area is 230 Å². The lowest BCUT2D eigenvalue weighted by molar-refractivity contribution is -0.115. The second-order valence-electron chi connectivity index (χ2n) is 10.1. The lowest BCUT2D eigenvalue weighted by atomic mass is 10.1. The highest BCUT2D eigenvalue weighted by Crippen LogP contribution is 2.32. The van der Waals surface area contributed by atoms with Gasteiger partial charge in [0, 0.05) is 24.8 Å². The fourth-order valence-corrected chi connectivity index (χ4v) is 5.38. The average molecular weight is 529 g/mol. The van der Waals surface area contributed by atoms with Crippen molar-refractivity contribution in [3.8, 4) is 22.8 Å². The molecule has 0 atom stereocenters. The van der Waals surface area contributed by atoms with E-state index >= 15 is 0 Å². The third-order valence-electron chi connectivity index (χ3n) is 7.35. The zero-order chi connectivity index (χ0) is 26.9. The Morgan fingerprint density at radius 2 is 1.75 bits per heavy atom. The number of benzene rings is 2. The smallest absolute Gasteiger partial charge is 0.228 e. The molecule has 1 aliphatic heterocycles. The van der Waals surface area contributed by atoms with E-state index in [4.69, 9.17) is 9.97 Å². The molecular weight excluding hydrogens is 500 g/mol. The molecule has 0 spiro atoms. The maximum atomic E-state index is 12.6. The predicted octanol–water partition coefficient (Wildman–Crippen LogP) is 5.73. The third-order valence-corrected chi connectivity index (χ3v) is 7.35. The summed E-state index contributed by atoms with van der Waals surface area (Å²) in [4.78, 5) is 32.7. The zero-order valence-corrected chi connectivity index (χ0v) is 21.9. The molecule has 1 fully saturated rings. The molecule has 1 aliphatic rings. The monoisotopic (exact) mass is 528 g/mol. The molecule has 0 saturated carbocycles. The molecular formula is C31H28N8O. The molecule has 1 amide bonds. The lowest BCUT2D eigenvalue weighted by Gasteiger charge is -2.28. The van der Waals surface area contributed by atoms with E-state index in [1.54, 1.807) is 12.4 Å². The summed E-state index contributed by atoms with van der Waals surface area (Å²) in [6.45, 7) is 2.11. The van der Waals surface area contributed by atoms with Crippen molar-refractivity contribution in [2.75, 3.05) is 23.3 Å². The molecule has 0 radical (unpaired) electrons. The molecule has 1 saturated heterocycles. The number of piperidine rings is 1. The Kier molecular flexibility index (Phi) is 6.16. The third kappa shape index (κ3) is 4.66. The van der Waals surface area contributed by atoms with E-state index in [-0.39, 0.29) is 5.91 Å². The maximum Gasteiger partial charge on any atom is 0.228 e. The largest absolute Gasteiger partial charge is 0.370 e. The Morgan fingerprint density at radius 1 is 0.875 bits per heavy atom. The topological polar surface area (TPSA) is 115 Å². The van der Waals surface area contributed by atoms with Crippen LogP contribution in [0, 0.1) is 0 Å². The summed E-state index contributed by atoms with van der Waals surface area (Å²) in [5.41, 5.74) is 8.39. The number of aromatic nitrogens is 6. The van der Waals surface area contributed by atoms with Crippen molar-refractivity contribution in [2.45, 2.75) is 25.7 Å². The zero-order valence-electron chi connectivity index (χ0n) is 21.9. The van der Waals surface area contributed by atoms with Gasteiger partial charge in [0.2, 0.25) is 5.91 Å². The molecule has 6 aromatic rings. The fraction of sp³-hybridized carbons (Fsp3) is 0.194. The minimum absolute atomic E-state index is 0.0977. The van der Waals surface area contributed by atoms with Crippen LogP contribution in [0.1, 0.15) is 24.8 Å². The number of imidazole rings is 1. The van der Waals surface area contributed by atoms with Crippen molar-refractivity contribution in [1.82, 2.24) is 30.1 Å². The van der Waals surface area contributed by atoms with Crippen molar-refractivity contribution in [1.29, 1.82) is 0 Å². The van der Waals surface area contributed by atoms with Gasteiger partial charge in [0.1, 0.15) is 11.0 Å². The molecule has 0 unspecified atom stereocenters. The SMILES string of the molecule is O=C(Cc1ccccc1)Nc1cncc(-c2ccc3[nH]nc(-c4nc5c(N6CCCCC6)cccc5[nH]4)c3n2)c1. The number of para-hydroxylation sites is 1. The highest BCUT2D eigenvalue weighted by Gasteiger charge is 2.19. The van der Waals surface area contributed by atoms with Gasteiger partial charge in [-0.3, -0.25) is 14.9 Å². The minimum atomic E-state index is -0.0977. The van der Waals surface area contributed by atoms with E-state index in [9.17, 15) is 4.79 Å². The van der Waals surface area contributed by atoms with Crippen molar-refractivity contribution < 1.29 is 4.79 Å². The van der Waals surface area contributed by atoms with E-state index in [1.165, 1.54) is 19.3 Å². The molecule has 40 heavy (non-hydrogen) atoms. The van der Waals surface area contributed by atoms with Gasteiger partial charge in [0.05, 0.1) is 40.7 Å². The van der Waals surface area contributed by atoms with Crippen LogP contribution >= 0.6 is 0 Å². The summed E-state index contributed by atoms with van der Waals surface area (Å²) in [5, 5.41) is 10.6. The van der Waals surface area contributed by atoms with Crippen LogP contribution < -0.4 is 10.2 Å². The van der Waals surface area contributed by atoms with Crippen LogP contribution in [0.25, 0.3) is 44.8 Å². The number of carbonyl (C=O) groups is 1. The Balaban J connectivity index is 1.19. The normalized spacial score (nSPS) is 13.7. The minimum Gasteiger partial charge on any atom is -0.370 e. The number of anilines is 2. The number of nitrogens with one attached hydrogen (secondary N) is 3. The van der Waals surface area contributed by atoms with Gasteiger partial charge in [-0.2, -0.15) is 5.10 Å². The van der Waals surface area contributed by atoms with Crippen LogP contribution in [0.3, 0.4) is 0 Å². The Morgan fingerprint density at radius 3 is 2.62 bits per heavy atom. The molecule has 9 heteroatoms. The first-order valence-corrected chi connectivity index (χ1v) is 13.6. The molecule has 0 bridgehead atoms. The van der Waals surface area contributed by atoms with E-state index in [0.717, 1.165) is 57.7 Å². The molecule has 4 aromatic heterocycles. The van der Waals surface area contributed by atoms with Gasteiger partial charge in [-0.05, 0) is 55.2 Å². The number of rotatable bonds is 6. The highest BCUT2D eigenvalue weighted by atomic mass is 16.1. The van der Waals surface area contributed by atoms with Gasteiger partial charge in [-0.15, -0.1) is 0 Å². The van der Waals surface area contributed by atoms with Gasteiger partial charge >= 0.3 is 0 Å². The number of hydrogen-bond donors (Lipinski definition) is 3. The summed E-state index contributed by atoms with van der Waals surface area (Å²) in [7, 11) is 0. The second-order valence-corrected chi connectivity index (χ2v) is 10.1. The van der Waals surface area contributed by atoms with E-state index in [1.807, 2.05) is 48.5 Å². The van der Waals surface area contributed by atoms with Gasteiger partial charge in [0.15, 0.2) is 11.5 Å². The Bertz CT molecular complexity index is 1820. The van der Waals surface area contributed by atoms with Crippen LogP contribution in [0.4, 0.5) is 11.4 Å². The first kappa shape index (κ1) is 24.0. The molecule has 198 valence electrons. The van der Waals surface area contributed by atoms with Crippen LogP contribution in [-0.4, -0.2) is 49.1 Å². The number of nitrogens with zero attached hydrogens (tertiary/aromatic N) is 5. The molecule has 5 heterocycles. The number of fused-ring (bicyclic) bond motifs is 2. The number of aromatic amines is 2. The van der Waals surface area contributed by atoms with Crippen molar-refractivity contribution in [3.63, 3.8) is 0 Å². The number of pyridine rings is 2. The summed E-state index contributed by atoms with van der Waals surface area (Å²) in [5.74, 6) is 0.579. The first-order chi connectivity index (χ1) is 19.7. The van der Waals surface area contributed by atoms with Crippen molar-refractivity contribution in [2.24, 2.45) is 0 Å². The molecule has 7 rings (SSSR count). The predicted molar refractivity (Wildman–Crippen MR) is 157 cm³/mol. The molecule has 0 aliphatic carbocycles. The quantitative estimate of drug-likeness (QED) is 0.254. The van der Waals surface area contributed by atoms with Crippen molar-refractivity contribution >= 4 is 39.3 Å². The highest BCUT2D eigenvalue weighted by molar-refractivity contribution is 5.95. The van der Waals surface area contributed by atoms with Crippen LogP contribution in [0.2, 0.25) is 0 Å². The van der Waals surface area contributed by atoms with Crippen molar-refractivity contribution in [3.05, 3.63) is 84.7 Å². The number of hydrogen-bond acceptors (Lipinski definition) is 6. The summed E-state index contributed by atoms with van der Waals surface area (Å²) >= 11 is 0. The average Bonchev–Trinajstić information content (AvgIpc) is 3.62. The molecule has 3 N–H and O–H groups in total. The van der Waals surface area contributed by atoms with Crippen LogP contribution in [-0.2, 0) is 11.2 Å². The number of amides is 1. The van der Waals surface area contributed by atoms with Gasteiger partial charge in [-0.25, -0.2) is 9.97 Å². The number of H-pyrrole nitrogens is 2. The van der Waals surface area contributed by atoms with E-state index in [0.29, 0.717) is 23.6 Å². The summed E-state index contributed by atoms with van der Waals surface area (Å²) in [6, 6.07) is 21.7. The number of carbonyl (C=O) groups excluding carboxylic acids is 1. The standard InChI is InChI=1S/C31H28N8O/c40-27(16-20-8-3-1-4-9-20)33-22-17-21(18-32-19-22)23-12-13-25-29(34-23)30(38-37-25)31-35-24-10-7-11-26(28(24)36-31)39-14-5-2-6-15-39/h1,3-4,7-13,17-19H,2,5-6,14-16H2,(H,33,40)(H,35,36)(H,37,38). The van der Waals surface area contributed by atoms with Gasteiger partial charge < -0.3 is 15.2 Å². The summed E-state index contributed by atoms with van der Waals surface area (Å²) in [6.07, 6.45) is 7.37. The van der Waals surface area contributed by atoms with E-state index < -0.39 is 0 Å². The Hall–Kier alpha value is -5.05. The van der Waals surface area contributed by atoms with Gasteiger partial charge in [0.25, 0.3) is 0 Å². The second kappa shape index (κ2) is 10.3. The van der Waals surface area contributed by atoms with E-state index in [2.05, 4.69) is 48.6 Å². The van der Waals surface area contributed by atoms with Crippen LogP contribution in [0.5, 0.6) is 0 Å². The fourth-order valence-electron chi connectivity index (χ4n) is 5.38. The molecule has 2 aromatic carbocycles. The molecule has 9 nitrogen and oxygen atoms in total. The van der Waals surface area contributed by atoms with Gasteiger partial charge in [-0.1, -0.05) is 36.4 Å². The summed E-state index contributed by atoms with van der Waals surface area (Å²) < 4.78 is 0. The first-order valence-electron chi connectivity index (χ1n) is 13.6. The van der Waals surface area contributed by atoms with Crippen LogP contribution in [0.15, 0.2) is 79.1 Å². The lowest BCUT2D eigenvalue weighted by Crippen LogP contribution is -2.29.